The van der Waals surface area contributed by atoms with Gasteiger partial charge in [0.15, 0.2) is 0 Å². The minimum atomic E-state index is -2.54. The van der Waals surface area contributed by atoms with Crippen molar-refractivity contribution in [3.63, 3.8) is 0 Å². The third-order valence-corrected chi connectivity index (χ3v) is 3.24. The fraction of sp³-hybridized carbons (Fsp3) is 0.286. The average Bonchev–Trinajstić information content (AvgIpc) is 2.00. The summed E-state index contributed by atoms with van der Waals surface area (Å²) in [6.07, 6.45) is -1.16. The second-order valence-corrected chi connectivity index (χ2v) is 3.88. The van der Waals surface area contributed by atoms with Crippen LogP contribution < -0.4 is 0 Å². The first-order valence-electron chi connectivity index (χ1n) is 3.12. The van der Waals surface area contributed by atoms with E-state index in [1.54, 1.807) is 6.92 Å². The quantitative estimate of drug-likeness (QED) is 0.767. The Labute approximate surface area is 85.4 Å². The number of hydrogen-bond donors (Lipinski definition) is 0. The van der Waals surface area contributed by atoms with Crippen LogP contribution in [0.1, 0.15) is 17.7 Å². The van der Waals surface area contributed by atoms with Gasteiger partial charge in [-0.05, 0) is 44.3 Å². The monoisotopic (exact) mass is 299 g/mol. The summed E-state index contributed by atoms with van der Waals surface area (Å²) in [4.78, 5) is 3.59. The first-order valence-corrected chi connectivity index (χ1v) is 4.71. The summed E-state index contributed by atoms with van der Waals surface area (Å²) in [6.45, 7) is 1.74. The molecule has 5 heteroatoms. The van der Waals surface area contributed by atoms with Gasteiger partial charge in [0.2, 0.25) is 0 Å². The van der Waals surface area contributed by atoms with Crippen LogP contribution in [0.2, 0.25) is 0 Å². The van der Waals surface area contributed by atoms with Crippen LogP contribution in [-0.4, -0.2) is 4.98 Å². The van der Waals surface area contributed by atoms with Gasteiger partial charge in [-0.2, -0.15) is 0 Å². The van der Waals surface area contributed by atoms with E-state index < -0.39 is 6.43 Å². The van der Waals surface area contributed by atoms with Gasteiger partial charge in [-0.15, -0.1) is 0 Å². The molecule has 0 saturated heterocycles. The molecule has 0 fully saturated rings. The van der Waals surface area contributed by atoms with Gasteiger partial charge in [-0.25, -0.2) is 8.78 Å². The highest BCUT2D eigenvalue weighted by Crippen LogP contribution is 2.31. The molecule has 1 heterocycles. The highest BCUT2D eigenvalue weighted by molar-refractivity contribution is 9.11. The molecular formula is C7H5Br2F2N. The Kier molecular flexibility index (Phi) is 3.17. The van der Waals surface area contributed by atoms with E-state index in [9.17, 15) is 8.78 Å². The maximum Gasteiger partial charge on any atom is 0.281 e. The molecule has 0 N–H and O–H groups in total. The van der Waals surface area contributed by atoms with Crippen molar-refractivity contribution in [3.05, 3.63) is 26.4 Å². The summed E-state index contributed by atoms with van der Waals surface area (Å²) in [7, 11) is 0. The summed E-state index contributed by atoms with van der Waals surface area (Å²) >= 11 is 6.25. The van der Waals surface area contributed by atoms with E-state index in [-0.39, 0.29) is 5.69 Å². The Morgan fingerprint density at radius 3 is 2.50 bits per heavy atom. The van der Waals surface area contributed by atoms with Crippen molar-refractivity contribution in [3.8, 4) is 0 Å². The Bertz CT molecular complexity index is 302. The van der Waals surface area contributed by atoms with Crippen LogP contribution in [0.4, 0.5) is 8.78 Å². The molecular weight excluding hydrogens is 296 g/mol. The van der Waals surface area contributed by atoms with E-state index in [1.165, 1.54) is 6.20 Å². The molecule has 0 unspecified atom stereocenters. The van der Waals surface area contributed by atoms with E-state index in [0.717, 1.165) is 10.0 Å². The SMILES string of the molecule is Cc1c(Br)cnc(C(F)F)c1Br. The van der Waals surface area contributed by atoms with Crippen molar-refractivity contribution < 1.29 is 8.78 Å². The van der Waals surface area contributed by atoms with Gasteiger partial charge in [0.1, 0.15) is 5.69 Å². The number of hydrogen-bond acceptors (Lipinski definition) is 1. The lowest BCUT2D eigenvalue weighted by molar-refractivity contribution is 0.145. The standard InChI is InChI=1S/C7H5Br2F2N/c1-3-4(8)2-12-6(5(3)9)7(10)11/h2,7H,1H3. The molecule has 0 spiro atoms. The van der Waals surface area contributed by atoms with Crippen molar-refractivity contribution >= 4 is 31.9 Å². The predicted molar refractivity (Wildman–Crippen MR) is 49.3 cm³/mol. The van der Waals surface area contributed by atoms with E-state index in [2.05, 4.69) is 36.8 Å². The Balaban J connectivity index is 3.27. The molecule has 1 nitrogen and oxygen atoms in total. The molecule has 0 aliphatic heterocycles. The Morgan fingerprint density at radius 1 is 1.42 bits per heavy atom. The number of alkyl halides is 2. The second-order valence-electron chi connectivity index (χ2n) is 2.23. The van der Waals surface area contributed by atoms with E-state index >= 15 is 0 Å². The van der Waals surface area contributed by atoms with Crippen LogP contribution in [0.5, 0.6) is 0 Å². The van der Waals surface area contributed by atoms with Crippen molar-refractivity contribution in [2.75, 3.05) is 0 Å². The molecule has 0 bridgehead atoms. The summed E-state index contributed by atoms with van der Waals surface area (Å²) < 4.78 is 25.6. The average molecular weight is 301 g/mol. The van der Waals surface area contributed by atoms with Gasteiger partial charge in [0.25, 0.3) is 6.43 Å². The van der Waals surface area contributed by atoms with Gasteiger partial charge < -0.3 is 0 Å². The molecule has 0 amide bonds. The van der Waals surface area contributed by atoms with E-state index in [0.29, 0.717) is 4.47 Å². The minimum absolute atomic E-state index is 0.212. The topological polar surface area (TPSA) is 12.9 Å². The number of rotatable bonds is 1. The van der Waals surface area contributed by atoms with Gasteiger partial charge in [0, 0.05) is 15.1 Å². The fourth-order valence-corrected chi connectivity index (χ4v) is 1.78. The maximum absolute atomic E-state index is 12.2. The highest BCUT2D eigenvalue weighted by atomic mass is 79.9. The lowest BCUT2D eigenvalue weighted by Gasteiger charge is -2.05. The fourth-order valence-electron chi connectivity index (χ4n) is 0.729. The van der Waals surface area contributed by atoms with Crippen LogP contribution in [0, 0.1) is 6.92 Å². The Hall–Kier alpha value is -0.0300. The number of halogens is 4. The van der Waals surface area contributed by atoms with Crippen LogP contribution in [0.3, 0.4) is 0 Å². The van der Waals surface area contributed by atoms with Crippen LogP contribution >= 0.6 is 31.9 Å². The van der Waals surface area contributed by atoms with Crippen molar-refractivity contribution in [2.45, 2.75) is 13.3 Å². The molecule has 0 aliphatic rings. The molecule has 1 aromatic rings. The summed E-state index contributed by atoms with van der Waals surface area (Å²) in [6, 6.07) is 0. The van der Waals surface area contributed by atoms with Crippen molar-refractivity contribution in [1.82, 2.24) is 4.98 Å². The molecule has 1 rings (SSSR count). The zero-order valence-electron chi connectivity index (χ0n) is 6.11. The third-order valence-electron chi connectivity index (χ3n) is 1.44. The summed E-state index contributed by atoms with van der Waals surface area (Å²) in [5, 5.41) is 0. The van der Waals surface area contributed by atoms with Crippen molar-refractivity contribution in [2.24, 2.45) is 0 Å². The first-order chi connectivity index (χ1) is 5.54. The molecule has 1 aromatic heterocycles. The summed E-state index contributed by atoms with van der Waals surface area (Å²) in [5.41, 5.74) is 0.524. The predicted octanol–water partition coefficient (Wildman–Crippen LogP) is 3.85. The molecule has 0 aliphatic carbocycles. The van der Waals surface area contributed by atoms with Gasteiger partial charge in [-0.3, -0.25) is 4.98 Å². The van der Waals surface area contributed by atoms with Crippen LogP contribution in [-0.2, 0) is 0 Å². The van der Waals surface area contributed by atoms with Gasteiger partial charge >= 0.3 is 0 Å². The Morgan fingerprint density at radius 2 is 2.00 bits per heavy atom. The van der Waals surface area contributed by atoms with E-state index in [4.69, 9.17) is 0 Å². The molecule has 0 radical (unpaired) electrons. The first kappa shape index (κ1) is 10.1. The normalized spacial score (nSPS) is 10.8. The summed E-state index contributed by atoms with van der Waals surface area (Å²) in [5.74, 6) is 0. The molecule has 0 saturated carbocycles. The van der Waals surface area contributed by atoms with Crippen LogP contribution in [0.15, 0.2) is 15.1 Å². The molecule has 0 aromatic carbocycles. The third kappa shape index (κ3) is 1.82. The molecule has 66 valence electrons. The van der Waals surface area contributed by atoms with Gasteiger partial charge in [-0.1, -0.05) is 0 Å². The highest BCUT2D eigenvalue weighted by Gasteiger charge is 2.15. The number of nitrogens with zero attached hydrogens (tertiary/aromatic N) is 1. The van der Waals surface area contributed by atoms with E-state index in [1.807, 2.05) is 0 Å². The molecule has 12 heavy (non-hydrogen) atoms. The maximum atomic E-state index is 12.2. The van der Waals surface area contributed by atoms with Crippen molar-refractivity contribution in [1.29, 1.82) is 0 Å². The number of pyridine rings is 1. The smallest absolute Gasteiger partial charge is 0.253 e. The second kappa shape index (κ2) is 3.79. The molecule has 0 atom stereocenters. The minimum Gasteiger partial charge on any atom is -0.253 e. The lowest BCUT2D eigenvalue weighted by Crippen LogP contribution is -1.94. The zero-order chi connectivity index (χ0) is 9.30. The zero-order valence-corrected chi connectivity index (χ0v) is 9.29. The van der Waals surface area contributed by atoms with Crippen LogP contribution in [0.25, 0.3) is 0 Å². The number of aromatic nitrogens is 1. The largest absolute Gasteiger partial charge is 0.281 e. The van der Waals surface area contributed by atoms with Gasteiger partial charge in [0.05, 0.1) is 0 Å². The lowest BCUT2D eigenvalue weighted by atomic mass is 10.2.